The summed E-state index contributed by atoms with van der Waals surface area (Å²) >= 11 is 6.08. The van der Waals surface area contributed by atoms with Crippen LogP contribution in [-0.2, 0) is 6.42 Å². The summed E-state index contributed by atoms with van der Waals surface area (Å²) in [6.45, 7) is 3.75. The van der Waals surface area contributed by atoms with Crippen molar-refractivity contribution in [2.45, 2.75) is 20.3 Å². The van der Waals surface area contributed by atoms with Crippen LogP contribution in [-0.4, -0.2) is 21.0 Å². The number of ether oxygens (including phenoxy) is 1. The van der Waals surface area contributed by atoms with Crippen molar-refractivity contribution in [2.24, 2.45) is 0 Å². The normalized spacial score (nSPS) is 10.6. The Bertz CT molecular complexity index is 973. The quantitative estimate of drug-likeness (QED) is 0.673. The highest BCUT2D eigenvalue weighted by Crippen LogP contribution is 2.28. The molecule has 0 saturated heterocycles. The third-order valence-corrected chi connectivity index (χ3v) is 4.36. The second kappa shape index (κ2) is 7.54. The molecule has 0 aliphatic heterocycles. The monoisotopic (exact) mass is 368 g/mol. The molecule has 3 rings (SSSR count). The van der Waals surface area contributed by atoms with Crippen LogP contribution >= 0.6 is 11.6 Å². The van der Waals surface area contributed by atoms with Crippen molar-refractivity contribution in [1.29, 1.82) is 0 Å². The Balaban J connectivity index is 1.91. The third-order valence-electron chi connectivity index (χ3n) is 3.98. The van der Waals surface area contributed by atoms with Gasteiger partial charge in [0.15, 0.2) is 0 Å². The van der Waals surface area contributed by atoms with Crippen molar-refractivity contribution in [2.75, 3.05) is 0 Å². The van der Waals surface area contributed by atoms with E-state index in [0.717, 1.165) is 16.8 Å². The van der Waals surface area contributed by atoms with E-state index in [4.69, 9.17) is 16.3 Å². The molecule has 0 aliphatic carbocycles. The maximum absolute atomic E-state index is 11.3. The number of carboxylic acids is 1. The first-order chi connectivity index (χ1) is 12.5. The lowest BCUT2D eigenvalue weighted by molar-refractivity contribution is 0.0695. The summed E-state index contributed by atoms with van der Waals surface area (Å²) in [5, 5.41) is 9.79. The molecule has 0 saturated carbocycles. The molecule has 3 aromatic rings. The van der Waals surface area contributed by atoms with Crippen LogP contribution in [0.25, 0.3) is 11.3 Å². The Labute approximate surface area is 156 Å². The van der Waals surface area contributed by atoms with Crippen LogP contribution in [0.1, 0.15) is 28.5 Å². The highest BCUT2D eigenvalue weighted by Gasteiger charge is 2.11. The molecule has 6 heteroatoms. The number of nitrogens with zero attached hydrogens (tertiary/aromatic N) is 2. The summed E-state index contributed by atoms with van der Waals surface area (Å²) in [7, 11) is 0. The maximum Gasteiger partial charge on any atom is 0.335 e. The highest BCUT2D eigenvalue weighted by molar-refractivity contribution is 6.31. The number of aryl methyl sites for hydroxylation is 2. The lowest BCUT2D eigenvalue weighted by Gasteiger charge is -2.10. The van der Waals surface area contributed by atoms with Gasteiger partial charge in [-0.2, -0.15) is 0 Å². The van der Waals surface area contributed by atoms with Crippen LogP contribution in [0.5, 0.6) is 11.5 Å². The molecular formula is C20H17ClN2O3. The number of aromatic nitrogens is 2. The van der Waals surface area contributed by atoms with Crippen molar-refractivity contribution in [1.82, 2.24) is 9.97 Å². The molecule has 2 heterocycles. The number of aromatic carboxylic acids is 1. The Kier molecular flexibility index (Phi) is 5.19. The fraction of sp³-hybridized carbons (Fsp3) is 0.150. The molecule has 1 N–H and O–H groups in total. The number of hydrogen-bond acceptors (Lipinski definition) is 4. The van der Waals surface area contributed by atoms with Crippen LogP contribution < -0.4 is 4.74 Å². The summed E-state index contributed by atoms with van der Waals surface area (Å²) in [6.07, 6.45) is 3.88. The first-order valence-corrected chi connectivity index (χ1v) is 8.48. The van der Waals surface area contributed by atoms with Gasteiger partial charge in [0.1, 0.15) is 11.5 Å². The van der Waals surface area contributed by atoms with Crippen LogP contribution in [0.15, 0.2) is 48.8 Å². The SMILES string of the molecule is CCc1cc(-c2cc(Oc3cnc(C)c(Cl)c3)ccn2)ccc1C(=O)O. The number of pyridine rings is 2. The minimum absolute atomic E-state index is 0.309. The van der Waals surface area contributed by atoms with Crippen LogP contribution in [0.4, 0.5) is 0 Å². The Morgan fingerprint density at radius 3 is 2.65 bits per heavy atom. The number of rotatable bonds is 5. The number of carboxylic acid groups (broad SMARTS) is 1. The number of benzene rings is 1. The lowest BCUT2D eigenvalue weighted by atomic mass is 10.00. The van der Waals surface area contributed by atoms with E-state index in [1.807, 2.05) is 19.9 Å². The first kappa shape index (κ1) is 17.9. The predicted molar refractivity (Wildman–Crippen MR) is 100 cm³/mol. The van der Waals surface area contributed by atoms with Crippen LogP contribution in [0, 0.1) is 6.92 Å². The molecule has 0 amide bonds. The van der Waals surface area contributed by atoms with Crippen molar-refractivity contribution < 1.29 is 14.6 Å². The molecule has 0 aliphatic rings. The molecule has 0 spiro atoms. The Morgan fingerprint density at radius 1 is 1.15 bits per heavy atom. The van der Waals surface area contributed by atoms with Gasteiger partial charge in [-0.1, -0.05) is 24.6 Å². The molecular weight excluding hydrogens is 352 g/mol. The van der Waals surface area contributed by atoms with E-state index >= 15 is 0 Å². The zero-order valence-electron chi connectivity index (χ0n) is 14.4. The van der Waals surface area contributed by atoms with Gasteiger partial charge < -0.3 is 9.84 Å². The molecule has 5 nitrogen and oxygen atoms in total. The molecule has 2 aromatic heterocycles. The van der Waals surface area contributed by atoms with Gasteiger partial charge in [0.25, 0.3) is 0 Å². The molecule has 132 valence electrons. The number of hydrogen-bond donors (Lipinski definition) is 1. The van der Waals surface area contributed by atoms with Gasteiger partial charge in [-0.25, -0.2) is 4.79 Å². The molecule has 0 bridgehead atoms. The van der Waals surface area contributed by atoms with Gasteiger partial charge in [-0.3, -0.25) is 9.97 Å². The smallest absolute Gasteiger partial charge is 0.335 e. The van der Waals surface area contributed by atoms with Gasteiger partial charge in [0.05, 0.1) is 28.2 Å². The van der Waals surface area contributed by atoms with E-state index < -0.39 is 5.97 Å². The molecule has 0 radical (unpaired) electrons. The van der Waals surface area contributed by atoms with E-state index in [-0.39, 0.29) is 0 Å². The molecule has 0 fully saturated rings. The Hall–Kier alpha value is -2.92. The summed E-state index contributed by atoms with van der Waals surface area (Å²) in [4.78, 5) is 19.8. The fourth-order valence-electron chi connectivity index (χ4n) is 2.57. The van der Waals surface area contributed by atoms with Crippen molar-refractivity contribution in [3.63, 3.8) is 0 Å². The van der Waals surface area contributed by atoms with Gasteiger partial charge in [0.2, 0.25) is 0 Å². The molecule has 1 aromatic carbocycles. The topological polar surface area (TPSA) is 72.3 Å². The van der Waals surface area contributed by atoms with Gasteiger partial charge in [-0.05, 0) is 37.1 Å². The fourth-order valence-corrected chi connectivity index (χ4v) is 2.72. The second-order valence-electron chi connectivity index (χ2n) is 5.75. The third kappa shape index (κ3) is 3.83. The zero-order chi connectivity index (χ0) is 18.7. The van der Waals surface area contributed by atoms with Gasteiger partial charge >= 0.3 is 5.97 Å². The predicted octanol–water partition coefficient (Wildman–Crippen LogP) is 5.16. The van der Waals surface area contributed by atoms with Crippen molar-refractivity contribution in [3.05, 3.63) is 70.6 Å². The van der Waals surface area contributed by atoms with Crippen LogP contribution in [0.2, 0.25) is 5.02 Å². The number of carbonyl (C=O) groups is 1. The Morgan fingerprint density at radius 2 is 1.96 bits per heavy atom. The van der Waals surface area contributed by atoms with Gasteiger partial charge in [0, 0.05) is 23.9 Å². The average molecular weight is 369 g/mol. The zero-order valence-corrected chi connectivity index (χ0v) is 15.1. The average Bonchev–Trinajstić information content (AvgIpc) is 2.64. The van der Waals surface area contributed by atoms with E-state index in [1.54, 1.807) is 42.7 Å². The van der Waals surface area contributed by atoms with E-state index in [9.17, 15) is 9.90 Å². The minimum Gasteiger partial charge on any atom is -0.478 e. The van der Waals surface area contributed by atoms with Crippen molar-refractivity contribution >= 4 is 17.6 Å². The largest absolute Gasteiger partial charge is 0.478 e. The van der Waals surface area contributed by atoms with E-state index in [1.165, 1.54) is 0 Å². The van der Waals surface area contributed by atoms with Crippen molar-refractivity contribution in [3.8, 4) is 22.8 Å². The van der Waals surface area contributed by atoms with E-state index in [2.05, 4.69) is 9.97 Å². The summed E-state index contributed by atoms with van der Waals surface area (Å²) in [5.74, 6) is 0.201. The maximum atomic E-state index is 11.3. The second-order valence-corrected chi connectivity index (χ2v) is 6.15. The highest BCUT2D eigenvalue weighted by atomic mass is 35.5. The summed E-state index contributed by atoms with van der Waals surface area (Å²) < 4.78 is 5.81. The standard InChI is InChI=1S/C20H17ClN2O3/c1-3-13-8-14(4-5-17(13)20(24)25)19-10-15(6-7-22-19)26-16-9-18(21)12(2)23-11-16/h4-11H,3H2,1-2H3,(H,24,25). The summed E-state index contributed by atoms with van der Waals surface area (Å²) in [6, 6.07) is 10.4. The van der Waals surface area contributed by atoms with Gasteiger partial charge in [-0.15, -0.1) is 0 Å². The first-order valence-electron chi connectivity index (χ1n) is 8.10. The molecule has 26 heavy (non-hydrogen) atoms. The lowest BCUT2D eigenvalue weighted by Crippen LogP contribution is -2.02. The minimum atomic E-state index is -0.929. The molecule has 0 unspecified atom stereocenters. The molecule has 0 atom stereocenters. The number of halogens is 1. The van der Waals surface area contributed by atoms with Crippen LogP contribution in [0.3, 0.4) is 0 Å². The van der Waals surface area contributed by atoms with E-state index in [0.29, 0.717) is 34.2 Å². The summed E-state index contributed by atoms with van der Waals surface area (Å²) in [5.41, 5.74) is 3.33.